The highest BCUT2D eigenvalue weighted by molar-refractivity contribution is 4.91. The maximum atomic E-state index is 10.4. The quantitative estimate of drug-likeness (QED) is 0.696. The number of hydrogen-bond acceptors (Lipinski definition) is 3. The molecule has 1 aliphatic carbocycles. The molecule has 0 aliphatic heterocycles. The molecule has 2 N–H and O–H groups in total. The van der Waals surface area contributed by atoms with Crippen molar-refractivity contribution in [1.29, 1.82) is 5.26 Å². The Morgan fingerprint density at radius 1 is 1.32 bits per heavy atom. The molecule has 0 heterocycles. The molecule has 1 saturated carbocycles. The SMILES string of the molecule is CC1CCC(O)(CNCCCCC(C)(C)C#N)CC1. The molecule has 0 aromatic rings. The molecule has 0 amide bonds. The van der Waals surface area contributed by atoms with Crippen LogP contribution in [0.1, 0.15) is 65.7 Å². The molecular formula is C16H30N2O. The Balaban J connectivity index is 2.07. The fourth-order valence-electron chi connectivity index (χ4n) is 2.67. The van der Waals surface area contributed by atoms with Crippen LogP contribution in [0.15, 0.2) is 0 Å². The molecule has 0 bridgehead atoms. The third-order valence-electron chi connectivity index (χ3n) is 4.37. The third-order valence-corrected chi connectivity index (χ3v) is 4.37. The number of nitrogens with one attached hydrogen (secondary N) is 1. The summed E-state index contributed by atoms with van der Waals surface area (Å²) in [5.41, 5.74) is -0.670. The van der Waals surface area contributed by atoms with E-state index in [9.17, 15) is 5.11 Å². The van der Waals surface area contributed by atoms with Gasteiger partial charge in [0.15, 0.2) is 0 Å². The van der Waals surface area contributed by atoms with Gasteiger partial charge in [0.2, 0.25) is 0 Å². The molecular weight excluding hydrogens is 236 g/mol. The first-order valence-electron chi connectivity index (χ1n) is 7.71. The topological polar surface area (TPSA) is 56.0 Å². The van der Waals surface area contributed by atoms with Crippen LogP contribution in [0, 0.1) is 22.7 Å². The normalized spacial score (nSPS) is 28.1. The molecule has 19 heavy (non-hydrogen) atoms. The number of hydrogen-bond donors (Lipinski definition) is 2. The van der Waals surface area contributed by atoms with Crippen LogP contribution < -0.4 is 5.32 Å². The molecule has 0 aromatic carbocycles. The van der Waals surface area contributed by atoms with E-state index in [0.29, 0.717) is 0 Å². The molecule has 0 unspecified atom stereocenters. The minimum Gasteiger partial charge on any atom is -0.389 e. The summed E-state index contributed by atoms with van der Waals surface area (Å²) in [5.74, 6) is 0.772. The second-order valence-corrected chi connectivity index (χ2v) is 7.04. The zero-order valence-corrected chi connectivity index (χ0v) is 12.8. The summed E-state index contributed by atoms with van der Waals surface area (Å²) in [5, 5.41) is 22.7. The molecule has 0 radical (unpaired) electrons. The predicted molar refractivity (Wildman–Crippen MR) is 78.7 cm³/mol. The number of nitriles is 1. The highest BCUT2D eigenvalue weighted by Gasteiger charge is 2.31. The van der Waals surface area contributed by atoms with Crippen molar-refractivity contribution in [3.8, 4) is 6.07 Å². The van der Waals surface area contributed by atoms with Crippen LogP contribution in [0.4, 0.5) is 0 Å². The van der Waals surface area contributed by atoms with Gasteiger partial charge in [-0.1, -0.05) is 13.3 Å². The molecule has 110 valence electrons. The lowest BCUT2D eigenvalue weighted by Crippen LogP contribution is -2.43. The van der Waals surface area contributed by atoms with Gasteiger partial charge in [0.05, 0.1) is 17.1 Å². The van der Waals surface area contributed by atoms with Crippen LogP contribution in [-0.2, 0) is 0 Å². The summed E-state index contributed by atoms with van der Waals surface area (Å²) in [6.45, 7) is 7.92. The Hall–Kier alpha value is -0.590. The predicted octanol–water partition coefficient (Wildman–Crippen LogP) is 3.24. The number of unbranched alkanes of at least 4 members (excludes halogenated alkanes) is 1. The smallest absolute Gasteiger partial charge is 0.0771 e. The van der Waals surface area contributed by atoms with Crippen LogP contribution in [0.25, 0.3) is 0 Å². The molecule has 1 aliphatic rings. The van der Waals surface area contributed by atoms with E-state index in [-0.39, 0.29) is 5.41 Å². The van der Waals surface area contributed by atoms with Crippen LogP contribution in [0.2, 0.25) is 0 Å². The fourth-order valence-corrected chi connectivity index (χ4v) is 2.67. The van der Waals surface area contributed by atoms with Gasteiger partial charge in [0.1, 0.15) is 0 Å². The molecule has 3 heteroatoms. The van der Waals surface area contributed by atoms with Gasteiger partial charge < -0.3 is 10.4 Å². The van der Waals surface area contributed by atoms with Gasteiger partial charge in [-0.25, -0.2) is 0 Å². The van der Waals surface area contributed by atoms with Crippen molar-refractivity contribution in [3.05, 3.63) is 0 Å². The van der Waals surface area contributed by atoms with Crippen LogP contribution in [0.3, 0.4) is 0 Å². The first kappa shape index (κ1) is 16.5. The fraction of sp³-hybridized carbons (Fsp3) is 0.938. The van der Waals surface area contributed by atoms with Crippen molar-refractivity contribution in [1.82, 2.24) is 5.32 Å². The average Bonchev–Trinajstić information content (AvgIpc) is 2.38. The number of rotatable bonds is 7. The minimum absolute atomic E-state index is 0.197. The van der Waals surface area contributed by atoms with Gasteiger partial charge >= 0.3 is 0 Å². The van der Waals surface area contributed by atoms with Crippen molar-refractivity contribution >= 4 is 0 Å². The van der Waals surface area contributed by atoms with Crippen molar-refractivity contribution in [2.45, 2.75) is 71.3 Å². The minimum atomic E-state index is -0.474. The lowest BCUT2D eigenvalue weighted by molar-refractivity contribution is -0.00597. The summed E-state index contributed by atoms with van der Waals surface area (Å²) < 4.78 is 0. The monoisotopic (exact) mass is 266 g/mol. The molecule has 0 saturated heterocycles. The van der Waals surface area contributed by atoms with Gasteiger partial charge in [0.25, 0.3) is 0 Å². The highest BCUT2D eigenvalue weighted by Crippen LogP contribution is 2.31. The highest BCUT2D eigenvalue weighted by atomic mass is 16.3. The van der Waals surface area contributed by atoms with Crippen molar-refractivity contribution < 1.29 is 5.11 Å². The Morgan fingerprint density at radius 2 is 1.95 bits per heavy atom. The standard InChI is InChI=1S/C16H30N2O/c1-14-6-9-16(19,10-7-14)13-18-11-5-4-8-15(2,3)12-17/h14,18-19H,4-11,13H2,1-3H3. The average molecular weight is 266 g/mol. The Bertz CT molecular complexity index is 298. The zero-order valence-electron chi connectivity index (χ0n) is 12.8. The van der Waals surface area contributed by atoms with E-state index >= 15 is 0 Å². The van der Waals surface area contributed by atoms with Gasteiger partial charge in [-0.05, 0) is 64.8 Å². The maximum absolute atomic E-state index is 10.4. The Kier molecular flexibility index (Phi) is 6.29. The van der Waals surface area contributed by atoms with E-state index in [2.05, 4.69) is 18.3 Å². The van der Waals surface area contributed by atoms with Crippen molar-refractivity contribution in [3.63, 3.8) is 0 Å². The van der Waals surface area contributed by atoms with E-state index in [0.717, 1.165) is 64.0 Å². The van der Waals surface area contributed by atoms with Gasteiger partial charge in [-0.15, -0.1) is 0 Å². The van der Waals surface area contributed by atoms with E-state index < -0.39 is 5.60 Å². The summed E-state index contributed by atoms with van der Waals surface area (Å²) in [7, 11) is 0. The lowest BCUT2D eigenvalue weighted by Gasteiger charge is -2.35. The lowest BCUT2D eigenvalue weighted by atomic mass is 9.79. The molecule has 0 spiro atoms. The summed E-state index contributed by atoms with van der Waals surface area (Å²) in [6, 6.07) is 2.33. The number of nitrogens with zero attached hydrogens (tertiary/aromatic N) is 1. The first-order valence-corrected chi connectivity index (χ1v) is 7.71. The van der Waals surface area contributed by atoms with E-state index in [1.807, 2.05) is 13.8 Å². The van der Waals surface area contributed by atoms with E-state index in [1.165, 1.54) is 0 Å². The summed E-state index contributed by atoms with van der Waals surface area (Å²) >= 11 is 0. The zero-order chi connectivity index (χ0) is 14.4. The van der Waals surface area contributed by atoms with Gasteiger partial charge in [0, 0.05) is 6.54 Å². The second-order valence-electron chi connectivity index (χ2n) is 7.04. The van der Waals surface area contributed by atoms with E-state index in [4.69, 9.17) is 5.26 Å². The number of aliphatic hydroxyl groups is 1. The van der Waals surface area contributed by atoms with Gasteiger partial charge in [-0.3, -0.25) is 0 Å². The molecule has 0 atom stereocenters. The Labute approximate surface area is 118 Å². The molecule has 1 fully saturated rings. The first-order chi connectivity index (χ1) is 8.87. The summed E-state index contributed by atoms with van der Waals surface area (Å²) in [4.78, 5) is 0. The summed E-state index contributed by atoms with van der Waals surface area (Å²) in [6.07, 6.45) is 7.27. The largest absolute Gasteiger partial charge is 0.389 e. The van der Waals surface area contributed by atoms with Crippen LogP contribution in [0.5, 0.6) is 0 Å². The second kappa shape index (κ2) is 7.26. The van der Waals surface area contributed by atoms with Crippen molar-refractivity contribution in [2.24, 2.45) is 11.3 Å². The van der Waals surface area contributed by atoms with Crippen molar-refractivity contribution in [2.75, 3.05) is 13.1 Å². The third kappa shape index (κ3) is 6.40. The Morgan fingerprint density at radius 3 is 2.53 bits per heavy atom. The molecule has 0 aromatic heterocycles. The molecule has 1 rings (SSSR count). The van der Waals surface area contributed by atoms with Crippen LogP contribution in [-0.4, -0.2) is 23.8 Å². The van der Waals surface area contributed by atoms with Gasteiger partial charge in [-0.2, -0.15) is 5.26 Å². The van der Waals surface area contributed by atoms with E-state index in [1.54, 1.807) is 0 Å². The molecule has 3 nitrogen and oxygen atoms in total. The maximum Gasteiger partial charge on any atom is 0.0771 e. The van der Waals surface area contributed by atoms with Crippen LogP contribution >= 0.6 is 0 Å².